The summed E-state index contributed by atoms with van der Waals surface area (Å²) in [4.78, 5) is 28.7. The molecule has 0 saturated heterocycles. The second-order valence-corrected chi connectivity index (χ2v) is 7.90. The summed E-state index contributed by atoms with van der Waals surface area (Å²) in [6.45, 7) is 7.46. The van der Waals surface area contributed by atoms with Crippen molar-refractivity contribution in [3.8, 4) is 0 Å². The summed E-state index contributed by atoms with van der Waals surface area (Å²) >= 11 is 0. The average Bonchev–Trinajstić information content (AvgIpc) is 1.49. The van der Waals surface area contributed by atoms with Gasteiger partial charge in [-0.15, -0.1) is 0 Å². The summed E-state index contributed by atoms with van der Waals surface area (Å²) in [5.74, 6) is 0.225. The number of hydrogen-bond acceptors (Lipinski definition) is 3. The van der Waals surface area contributed by atoms with Crippen molar-refractivity contribution in [1.29, 1.82) is 0 Å². The van der Waals surface area contributed by atoms with Gasteiger partial charge in [-0.3, -0.25) is 0 Å². The van der Waals surface area contributed by atoms with Crippen LogP contribution in [0.4, 0.5) is 0 Å². The topological polar surface area (TPSA) is 60.7 Å². The van der Waals surface area contributed by atoms with Gasteiger partial charge in [-0.25, -0.2) is 0 Å². The van der Waals surface area contributed by atoms with Crippen LogP contribution < -0.4 is 0 Å². The first-order valence-corrected chi connectivity index (χ1v) is 6.82. The first-order valence-electron chi connectivity index (χ1n) is 4.36. The van der Waals surface area contributed by atoms with Gasteiger partial charge in [0.1, 0.15) is 0 Å². The van der Waals surface area contributed by atoms with E-state index in [1.807, 2.05) is 27.7 Å². The molecule has 0 aromatic carbocycles. The Balaban J connectivity index is 4.28. The van der Waals surface area contributed by atoms with Gasteiger partial charge in [0.15, 0.2) is 0 Å². The predicted molar refractivity (Wildman–Crippen MR) is 53.0 cm³/mol. The van der Waals surface area contributed by atoms with Crippen molar-refractivity contribution in [2.45, 2.75) is 27.7 Å². The quantitative estimate of drug-likeness (QED) is 0.598. The van der Waals surface area contributed by atoms with Gasteiger partial charge in [-0.05, 0) is 0 Å². The molecule has 0 aromatic heterocycles. The van der Waals surface area contributed by atoms with Gasteiger partial charge in [-0.1, -0.05) is 0 Å². The Bertz CT molecular complexity index is 132. The Morgan fingerprint density at radius 3 is 1.25 bits per heavy atom. The van der Waals surface area contributed by atoms with E-state index in [0.29, 0.717) is 0 Å². The molecule has 0 fully saturated rings. The summed E-state index contributed by atoms with van der Waals surface area (Å²) in [6, 6.07) is 0. The molecule has 0 spiro atoms. The standard InChI is InChI=1S/C8H21O3P/c1-7(2)5-12(9,10,11)6-8(3)4/h7-11H,5-6H2,1-4H3. The minimum absolute atomic E-state index is 0.112. The van der Waals surface area contributed by atoms with Crippen LogP contribution in [0.2, 0.25) is 0 Å². The van der Waals surface area contributed by atoms with Crippen LogP contribution in [0.25, 0.3) is 0 Å². The molecule has 12 heavy (non-hydrogen) atoms. The van der Waals surface area contributed by atoms with Crippen LogP contribution in [-0.4, -0.2) is 27.0 Å². The van der Waals surface area contributed by atoms with Gasteiger partial charge in [0, 0.05) is 0 Å². The monoisotopic (exact) mass is 196 g/mol. The molecule has 0 rings (SSSR count). The van der Waals surface area contributed by atoms with Gasteiger partial charge >= 0.3 is 73.8 Å². The molecule has 76 valence electrons. The number of hydrogen-bond donors (Lipinski definition) is 3. The van der Waals surface area contributed by atoms with Crippen LogP contribution in [0.5, 0.6) is 0 Å². The molecule has 3 nitrogen and oxygen atoms in total. The van der Waals surface area contributed by atoms with Crippen molar-refractivity contribution in [2.75, 3.05) is 12.3 Å². The summed E-state index contributed by atoms with van der Waals surface area (Å²) in [5.41, 5.74) is 0. The SMILES string of the molecule is CC(C)CP(O)(O)(O)CC(C)C. The van der Waals surface area contributed by atoms with E-state index in [-0.39, 0.29) is 24.2 Å². The second-order valence-electron chi connectivity index (χ2n) is 4.49. The average molecular weight is 196 g/mol. The maximum atomic E-state index is 9.56. The van der Waals surface area contributed by atoms with E-state index in [9.17, 15) is 14.7 Å². The molecule has 0 amide bonds. The van der Waals surface area contributed by atoms with Crippen LogP contribution in [0.1, 0.15) is 27.7 Å². The first kappa shape index (κ1) is 12.3. The molecule has 0 aliphatic carbocycles. The van der Waals surface area contributed by atoms with Gasteiger partial charge in [0.25, 0.3) is 0 Å². The number of rotatable bonds is 4. The fourth-order valence-corrected chi connectivity index (χ4v) is 4.71. The van der Waals surface area contributed by atoms with Gasteiger partial charge in [0.05, 0.1) is 0 Å². The van der Waals surface area contributed by atoms with Crippen molar-refractivity contribution >= 4 is 7.28 Å². The molecule has 4 heteroatoms. The zero-order chi connectivity index (χ0) is 10.0. The van der Waals surface area contributed by atoms with E-state index in [1.165, 1.54) is 0 Å². The van der Waals surface area contributed by atoms with Crippen LogP contribution in [0, 0.1) is 11.8 Å². The molecule has 0 saturated carbocycles. The first-order chi connectivity index (χ1) is 5.10. The zero-order valence-corrected chi connectivity index (χ0v) is 9.25. The Hall–Kier alpha value is 0.310. The van der Waals surface area contributed by atoms with Crippen molar-refractivity contribution in [1.82, 2.24) is 0 Å². The summed E-state index contributed by atoms with van der Waals surface area (Å²) < 4.78 is 0. The third kappa shape index (κ3) is 5.90. The third-order valence-electron chi connectivity index (χ3n) is 1.48. The van der Waals surface area contributed by atoms with E-state index in [2.05, 4.69) is 0 Å². The Labute approximate surface area is 74.6 Å². The molecule has 0 radical (unpaired) electrons. The Morgan fingerprint density at radius 2 is 1.08 bits per heavy atom. The molecule has 0 aromatic rings. The van der Waals surface area contributed by atoms with Gasteiger partial charge in [-0.2, -0.15) is 0 Å². The molecular weight excluding hydrogens is 175 g/mol. The molecular formula is C8H21O3P. The van der Waals surface area contributed by atoms with E-state index >= 15 is 0 Å². The molecule has 0 heterocycles. The predicted octanol–water partition coefficient (Wildman–Crippen LogP) is 1.57. The van der Waals surface area contributed by atoms with Crippen LogP contribution >= 0.6 is 7.28 Å². The normalized spacial score (nSPS) is 16.6. The Morgan fingerprint density at radius 1 is 0.833 bits per heavy atom. The van der Waals surface area contributed by atoms with Gasteiger partial charge < -0.3 is 0 Å². The fraction of sp³-hybridized carbons (Fsp3) is 1.00. The van der Waals surface area contributed by atoms with Crippen LogP contribution in [-0.2, 0) is 0 Å². The van der Waals surface area contributed by atoms with Crippen molar-refractivity contribution in [3.05, 3.63) is 0 Å². The molecule has 3 N–H and O–H groups in total. The van der Waals surface area contributed by atoms with Crippen LogP contribution in [0.3, 0.4) is 0 Å². The molecule has 0 aliphatic rings. The summed E-state index contributed by atoms with van der Waals surface area (Å²) in [7, 11) is -4.29. The molecule has 0 bridgehead atoms. The summed E-state index contributed by atoms with van der Waals surface area (Å²) in [5, 5.41) is 0. The van der Waals surface area contributed by atoms with Gasteiger partial charge in [0.2, 0.25) is 0 Å². The van der Waals surface area contributed by atoms with E-state index in [0.717, 1.165) is 0 Å². The maximum absolute atomic E-state index is 9.56. The van der Waals surface area contributed by atoms with Crippen molar-refractivity contribution in [3.63, 3.8) is 0 Å². The zero-order valence-electron chi connectivity index (χ0n) is 8.36. The third-order valence-corrected chi connectivity index (χ3v) is 4.44. The molecule has 0 aliphatic heterocycles. The molecule has 0 unspecified atom stereocenters. The van der Waals surface area contributed by atoms with Crippen LogP contribution in [0.15, 0.2) is 0 Å². The van der Waals surface area contributed by atoms with E-state index in [4.69, 9.17) is 0 Å². The fourth-order valence-electron chi connectivity index (χ4n) is 1.57. The summed E-state index contributed by atoms with van der Waals surface area (Å²) in [6.07, 6.45) is 0.230. The van der Waals surface area contributed by atoms with E-state index < -0.39 is 7.28 Å². The Kier molecular flexibility index (Phi) is 3.68. The minimum atomic E-state index is -4.29. The van der Waals surface area contributed by atoms with Crippen molar-refractivity contribution in [2.24, 2.45) is 11.8 Å². The van der Waals surface area contributed by atoms with E-state index in [1.54, 1.807) is 0 Å². The second kappa shape index (κ2) is 3.59. The van der Waals surface area contributed by atoms with Crippen molar-refractivity contribution < 1.29 is 14.7 Å². The molecule has 0 atom stereocenters.